The van der Waals surface area contributed by atoms with Crippen LogP contribution in [0.2, 0.25) is 0 Å². The molecule has 1 heterocycles. The molecule has 2 nitrogen and oxygen atoms in total. The maximum Gasteiger partial charge on any atom is 0.227 e. The van der Waals surface area contributed by atoms with E-state index in [1.54, 1.807) is 28.6 Å². The highest BCUT2D eigenvalue weighted by atomic mass is 32.2. The molecule has 0 aliphatic rings. The second-order valence-electron chi connectivity index (χ2n) is 4.74. The molecule has 0 aliphatic carbocycles. The van der Waals surface area contributed by atoms with Crippen LogP contribution in [-0.2, 0) is 7.05 Å². The standard InChI is InChI=1S/C17H15FNOS/c1-19-11-16(12-5-9-15(21-2)10-6-12)17(20-19)13-3-7-14(18)8-4-13/h3-11H,1-2H3/q+1. The van der Waals surface area contributed by atoms with E-state index in [0.29, 0.717) is 0 Å². The van der Waals surface area contributed by atoms with E-state index in [1.165, 1.54) is 17.0 Å². The van der Waals surface area contributed by atoms with Gasteiger partial charge < -0.3 is 0 Å². The highest BCUT2D eigenvalue weighted by molar-refractivity contribution is 7.98. The summed E-state index contributed by atoms with van der Waals surface area (Å²) in [6.07, 6.45) is 3.99. The molecular weight excluding hydrogens is 285 g/mol. The van der Waals surface area contributed by atoms with Gasteiger partial charge in [-0.1, -0.05) is 12.1 Å². The van der Waals surface area contributed by atoms with Gasteiger partial charge in [0.25, 0.3) is 0 Å². The number of hydrogen-bond donors (Lipinski definition) is 0. The van der Waals surface area contributed by atoms with E-state index >= 15 is 0 Å². The van der Waals surface area contributed by atoms with Crippen molar-refractivity contribution < 1.29 is 13.7 Å². The van der Waals surface area contributed by atoms with Gasteiger partial charge in [0.05, 0.1) is 0 Å². The van der Waals surface area contributed by atoms with Gasteiger partial charge in [-0.15, -0.1) is 11.8 Å². The maximum atomic E-state index is 13.1. The summed E-state index contributed by atoms with van der Waals surface area (Å²) >= 11 is 1.71. The van der Waals surface area contributed by atoms with Crippen molar-refractivity contribution in [2.45, 2.75) is 4.90 Å². The van der Waals surface area contributed by atoms with Crippen LogP contribution in [0, 0.1) is 5.82 Å². The second kappa shape index (κ2) is 5.74. The van der Waals surface area contributed by atoms with Gasteiger partial charge in [-0.05, 0) is 53.0 Å². The number of nitrogens with zero attached hydrogens (tertiary/aromatic N) is 1. The van der Waals surface area contributed by atoms with Gasteiger partial charge in [0.1, 0.15) is 11.4 Å². The Morgan fingerprint density at radius 3 is 2.19 bits per heavy atom. The molecule has 0 atom stereocenters. The Labute approximate surface area is 127 Å². The predicted octanol–water partition coefficient (Wildman–Crippen LogP) is 4.30. The van der Waals surface area contributed by atoms with E-state index in [9.17, 15) is 4.39 Å². The normalized spacial score (nSPS) is 10.8. The zero-order chi connectivity index (χ0) is 14.8. The largest absolute Gasteiger partial charge is 0.236 e. The Bertz CT molecular complexity index is 747. The van der Waals surface area contributed by atoms with Gasteiger partial charge in [-0.2, -0.15) is 0 Å². The third kappa shape index (κ3) is 2.85. The highest BCUT2D eigenvalue weighted by Gasteiger charge is 2.19. The minimum Gasteiger partial charge on any atom is -0.236 e. The van der Waals surface area contributed by atoms with Gasteiger partial charge >= 0.3 is 0 Å². The second-order valence-corrected chi connectivity index (χ2v) is 5.62. The molecule has 0 spiro atoms. The van der Waals surface area contributed by atoms with Crippen LogP contribution in [0.1, 0.15) is 0 Å². The van der Waals surface area contributed by atoms with E-state index in [1.807, 2.05) is 13.2 Å². The smallest absolute Gasteiger partial charge is 0.227 e. The third-order valence-electron chi connectivity index (χ3n) is 3.30. The first-order valence-corrected chi connectivity index (χ1v) is 7.80. The number of aromatic nitrogens is 1. The number of hydrogen-bond acceptors (Lipinski definition) is 2. The molecule has 0 saturated carbocycles. The maximum absolute atomic E-state index is 13.1. The summed E-state index contributed by atoms with van der Waals surface area (Å²) < 4.78 is 20.5. The van der Waals surface area contributed by atoms with Crippen LogP contribution in [0.25, 0.3) is 22.5 Å². The first-order chi connectivity index (χ1) is 10.2. The fourth-order valence-corrected chi connectivity index (χ4v) is 2.65. The molecule has 21 heavy (non-hydrogen) atoms. The molecule has 3 aromatic rings. The van der Waals surface area contributed by atoms with E-state index in [0.717, 1.165) is 22.5 Å². The quantitative estimate of drug-likeness (QED) is 0.530. The van der Waals surface area contributed by atoms with Crippen LogP contribution in [-0.4, -0.2) is 6.26 Å². The number of aryl methyl sites for hydroxylation is 1. The summed E-state index contributed by atoms with van der Waals surface area (Å²) in [5, 5.41) is 0. The summed E-state index contributed by atoms with van der Waals surface area (Å²) in [6, 6.07) is 14.7. The predicted molar refractivity (Wildman–Crippen MR) is 82.5 cm³/mol. The van der Waals surface area contributed by atoms with Gasteiger partial charge in [-0.3, -0.25) is 0 Å². The van der Waals surface area contributed by atoms with Gasteiger partial charge in [0.2, 0.25) is 12.0 Å². The lowest BCUT2D eigenvalue weighted by molar-refractivity contribution is -0.843. The summed E-state index contributed by atoms with van der Waals surface area (Å²) in [7, 11) is 1.84. The molecular formula is C17H15FNOS+. The molecule has 4 heteroatoms. The average Bonchev–Trinajstić information content (AvgIpc) is 2.90. The van der Waals surface area contributed by atoms with Crippen LogP contribution in [0.3, 0.4) is 0 Å². The van der Waals surface area contributed by atoms with Crippen LogP contribution in [0.15, 0.2) is 64.1 Å². The van der Waals surface area contributed by atoms with Crippen LogP contribution >= 0.6 is 11.8 Å². The van der Waals surface area contributed by atoms with Crippen molar-refractivity contribution in [3.63, 3.8) is 0 Å². The lowest BCUT2D eigenvalue weighted by Gasteiger charge is -2.01. The Hall–Kier alpha value is -2.07. The average molecular weight is 300 g/mol. The lowest BCUT2D eigenvalue weighted by atomic mass is 10.0. The molecule has 0 saturated heterocycles. The van der Waals surface area contributed by atoms with Gasteiger partial charge in [-0.25, -0.2) is 8.91 Å². The fraction of sp³-hybridized carbons (Fsp3) is 0.118. The van der Waals surface area contributed by atoms with Crippen molar-refractivity contribution in [1.82, 2.24) is 0 Å². The highest BCUT2D eigenvalue weighted by Crippen LogP contribution is 2.32. The van der Waals surface area contributed by atoms with Crippen molar-refractivity contribution in [1.29, 1.82) is 0 Å². The fourth-order valence-electron chi connectivity index (χ4n) is 2.25. The van der Waals surface area contributed by atoms with Crippen molar-refractivity contribution in [2.75, 3.05) is 6.26 Å². The number of benzene rings is 2. The SMILES string of the molecule is CSc1ccc(-c2c[n+](C)oc2-c2ccc(F)cc2)cc1. The van der Waals surface area contributed by atoms with E-state index < -0.39 is 0 Å². The van der Waals surface area contributed by atoms with Crippen LogP contribution in [0.4, 0.5) is 4.39 Å². The summed E-state index contributed by atoms with van der Waals surface area (Å²) in [5.74, 6) is 0.495. The monoisotopic (exact) mass is 300 g/mol. The zero-order valence-electron chi connectivity index (χ0n) is 11.8. The van der Waals surface area contributed by atoms with Crippen molar-refractivity contribution in [3.05, 3.63) is 60.5 Å². The lowest BCUT2D eigenvalue weighted by Crippen LogP contribution is -2.22. The minimum atomic E-state index is -0.249. The van der Waals surface area contributed by atoms with Gasteiger partial charge in [0.15, 0.2) is 7.05 Å². The Morgan fingerprint density at radius 2 is 1.57 bits per heavy atom. The molecule has 0 fully saturated rings. The van der Waals surface area contributed by atoms with Gasteiger partial charge in [0, 0.05) is 10.5 Å². The molecule has 0 amide bonds. The Morgan fingerprint density at radius 1 is 0.952 bits per heavy atom. The van der Waals surface area contributed by atoms with E-state index in [2.05, 4.69) is 30.5 Å². The molecule has 0 bridgehead atoms. The molecule has 0 aliphatic heterocycles. The topological polar surface area (TPSA) is 17.0 Å². The number of rotatable bonds is 3. The number of thioether (sulfide) groups is 1. The third-order valence-corrected chi connectivity index (χ3v) is 4.04. The first-order valence-electron chi connectivity index (χ1n) is 6.57. The molecule has 106 valence electrons. The summed E-state index contributed by atoms with van der Waals surface area (Å²) in [6.45, 7) is 0. The van der Waals surface area contributed by atoms with E-state index in [-0.39, 0.29) is 5.82 Å². The molecule has 1 aromatic heterocycles. The molecule has 0 unspecified atom stereocenters. The Balaban J connectivity index is 2.08. The Kier molecular flexibility index (Phi) is 3.80. The molecule has 0 N–H and O–H groups in total. The summed E-state index contributed by atoms with van der Waals surface area (Å²) in [4.78, 5) is 1.22. The van der Waals surface area contributed by atoms with Crippen molar-refractivity contribution >= 4 is 11.8 Å². The first kappa shape index (κ1) is 13.9. The summed E-state index contributed by atoms with van der Waals surface area (Å²) in [5.41, 5.74) is 2.94. The molecule has 2 aromatic carbocycles. The van der Waals surface area contributed by atoms with Crippen molar-refractivity contribution in [3.8, 4) is 22.5 Å². The minimum absolute atomic E-state index is 0.249. The van der Waals surface area contributed by atoms with E-state index in [4.69, 9.17) is 4.52 Å². The zero-order valence-corrected chi connectivity index (χ0v) is 12.7. The van der Waals surface area contributed by atoms with Crippen LogP contribution in [0.5, 0.6) is 0 Å². The van der Waals surface area contributed by atoms with Crippen LogP contribution < -0.4 is 4.74 Å². The molecule has 3 rings (SSSR count). The molecule has 0 radical (unpaired) electrons. The number of halogens is 1. The van der Waals surface area contributed by atoms with Crippen molar-refractivity contribution in [2.24, 2.45) is 7.05 Å².